The number of anilines is 1. The Morgan fingerprint density at radius 2 is 2.00 bits per heavy atom. The largest absolute Gasteiger partial charge is 0.481 e. The van der Waals surface area contributed by atoms with Crippen LogP contribution in [-0.2, 0) is 0 Å². The molecule has 1 aromatic carbocycles. The number of methoxy groups -OCH3 is 1. The maximum absolute atomic E-state index is 12.0. The quantitative estimate of drug-likeness (QED) is 0.906. The SMILES string of the molecule is COc1ccc(C(=O)Nc2cc(Cl)cc(C(=O)O)c2)cn1. The van der Waals surface area contributed by atoms with Crippen molar-refractivity contribution in [2.75, 3.05) is 12.4 Å². The predicted octanol–water partition coefficient (Wildman–Crippen LogP) is 2.69. The van der Waals surface area contributed by atoms with Gasteiger partial charge in [-0.15, -0.1) is 0 Å². The lowest BCUT2D eigenvalue weighted by Crippen LogP contribution is -2.12. The van der Waals surface area contributed by atoms with Crippen LogP contribution < -0.4 is 10.1 Å². The predicted molar refractivity (Wildman–Crippen MR) is 77.2 cm³/mol. The molecule has 0 aliphatic carbocycles. The van der Waals surface area contributed by atoms with Gasteiger partial charge in [-0.3, -0.25) is 4.79 Å². The molecule has 1 amide bonds. The molecule has 0 saturated heterocycles. The van der Waals surface area contributed by atoms with Crippen LogP contribution in [-0.4, -0.2) is 29.1 Å². The van der Waals surface area contributed by atoms with E-state index in [-0.39, 0.29) is 10.6 Å². The number of aromatic nitrogens is 1. The van der Waals surface area contributed by atoms with Crippen LogP contribution in [0.4, 0.5) is 5.69 Å². The summed E-state index contributed by atoms with van der Waals surface area (Å²) in [4.78, 5) is 26.9. The van der Waals surface area contributed by atoms with Gasteiger partial charge in [0.05, 0.1) is 18.2 Å². The summed E-state index contributed by atoms with van der Waals surface area (Å²) in [7, 11) is 1.47. The van der Waals surface area contributed by atoms with E-state index in [0.717, 1.165) is 0 Å². The lowest BCUT2D eigenvalue weighted by molar-refractivity contribution is 0.0696. The highest BCUT2D eigenvalue weighted by molar-refractivity contribution is 6.31. The molecule has 2 aromatic rings. The van der Waals surface area contributed by atoms with Crippen LogP contribution in [0.2, 0.25) is 5.02 Å². The molecule has 1 heterocycles. The highest BCUT2D eigenvalue weighted by Crippen LogP contribution is 2.20. The van der Waals surface area contributed by atoms with Crippen LogP contribution in [0.3, 0.4) is 0 Å². The summed E-state index contributed by atoms with van der Waals surface area (Å²) in [5.74, 6) is -1.16. The lowest BCUT2D eigenvalue weighted by Gasteiger charge is -2.07. The summed E-state index contributed by atoms with van der Waals surface area (Å²) in [6.07, 6.45) is 1.36. The molecule has 0 bridgehead atoms. The van der Waals surface area contributed by atoms with Crippen LogP contribution in [0.1, 0.15) is 20.7 Å². The van der Waals surface area contributed by atoms with E-state index in [1.807, 2.05) is 0 Å². The first kappa shape index (κ1) is 14.8. The van der Waals surface area contributed by atoms with Crippen molar-refractivity contribution in [2.24, 2.45) is 0 Å². The lowest BCUT2D eigenvalue weighted by atomic mass is 10.2. The van der Waals surface area contributed by atoms with Crippen molar-refractivity contribution in [3.63, 3.8) is 0 Å². The van der Waals surface area contributed by atoms with E-state index in [2.05, 4.69) is 10.3 Å². The standard InChI is InChI=1S/C14H11ClN2O4/c1-21-12-3-2-8(7-16-12)13(18)17-11-5-9(14(19)20)4-10(15)6-11/h2-7H,1H3,(H,17,18)(H,19,20). The Balaban J connectivity index is 2.20. The van der Waals surface area contributed by atoms with Crippen molar-refractivity contribution in [1.82, 2.24) is 4.98 Å². The Morgan fingerprint density at radius 3 is 2.57 bits per heavy atom. The normalized spacial score (nSPS) is 10.0. The average Bonchev–Trinajstić information content (AvgIpc) is 2.46. The third kappa shape index (κ3) is 3.70. The third-order valence-corrected chi connectivity index (χ3v) is 2.83. The maximum atomic E-state index is 12.0. The van der Waals surface area contributed by atoms with E-state index in [1.54, 1.807) is 12.1 Å². The van der Waals surface area contributed by atoms with Gasteiger partial charge in [0, 0.05) is 23.0 Å². The molecule has 0 saturated carbocycles. The smallest absolute Gasteiger partial charge is 0.335 e. The minimum Gasteiger partial charge on any atom is -0.481 e. The molecule has 108 valence electrons. The molecule has 2 N–H and O–H groups in total. The molecule has 2 rings (SSSR count). The van der Waals surface area contributed by atoms with Crippen molar-refractivity contribution in [3.05, 3.63) is 52.7 Å². The zero-order valence-corrected chi connectivity index (χ0v) is 11.7. The van der Waals surface area contributed by atoms with E-state index in [9.17, 15) is 9.59 Å². The fourth-order valence-corrected chi connectivity index (χ4v) is 1.86. The Kier molecular flexibility index (Phi) is 4.39. The average molecular weight is 307 g/mol. The number of nitrogens with one attached hydrogen (secondary N) is 1. The first-order chi connectivity index (χ1) is 9.99. The molecule has 0 unspecified atom stereocenters. The summed E-state index contributed by atoms with van der Waals surface area (Å²) in [6.45, 7) is 0. The molecular weight excluding hydrogens is 296 g/mol. The van der Waals surface area contributed by atoms with Crippen LogP contribution in [0.25, 0.3) is 0 Å². The number of hydrogen-bond acceptors (Lipinski definition) is 4. The molecule has 0 spiro atoms. The zero-order chi connectivity index (χ0) is 15.4. The number of hydrogen-bond donors (Lipinski definition) is 2. The molecule has 6 nitrogen and oxygen atoms in total. The number of aromatic carboxylic acids is 1. The number of carbonyl (C=O) groups excluding carboxylic acids is 1. The fourth-order valence-electron chi connectivity index (χ4n) is 1.62. The van der Waals surface area contributed by atoms with Crippen molar-refractivity contribution in [3.8, 4) is 5.88 Å². The molecule has 7 heteroatoms. The van der Waals surface area contributed by atoms with Crippen molar-refractivity contribution in [1.29, 1.82) is 0 Å². The second-order valence-corrected chi connectivity index (χ2v) is 4.51. The van der Waals surface area contributed by atoms with Gasteiger partial charge < -0.3 is 15.2 Å². The number of carboxylic acids is 1. The van der Waals surface area contributed by atoms with Crippen LogP contribution in [0, 0.1) is 0 Å². The maximum Gasteiger partial charge on any atom is 0.335 e. The summed E-state index contributed by atoms with van der Waals surface area (Å²) in [6, 6.07) is 7.18. The summed E-state index contributed by atoms with van der Waals surface area (Å²) in [5.41, 5.74) is 0.596. The highest BCUT2D eigenvalue weighted by atomic mass is 35.5. The highest BCUT2D eigenvalue weighted by Gasteiger charge is 2.10. The number of benzene rings is 1. The first-order valence-electron chi connectivity index (χ1n) is 5.85. The van der Waals surface area contributed by atoms with Crippen LogP contribution in [0.15, 0.2) is 36.5 Å². The topological polar surface area (TPSA) is 88.5 Å². The minimum absolute atomic E-state index is 0.00865. The number of pyridine rings is 1. The van der Waals surface area contributed by atoms with E-state index < -0.39 is 11.9 Å². The van der Waals surface area contributed by atoms with Gasteiger partial charge >= 0.3 is 5.97 Å². The molecule has 21 heavy (non-hydrogen) atoms. The van der Waals surface area contributed by atoms with Gasteiger partial charge in [-0.1, -0.05) is 11.6 Å². The number of carbonyl (C=O) groups is 2. The number of carboxylic acid groups (broad SMARTS) is 1. The zero-order valence-electron chi connectivity index (χ0n) is 11.0. The number of halogens is 1. The molecule has 0 radical (unpaired) electrons. The van der Waals surface area contributed by atoms with Gasteiger partial charge in [-0.05, 0) is 24.3 Å². The monoisotopic (exact) mass is 306 g/mol. The minimum atomic E-state index is -1.13. The molecule has 0 aliphatic rings. The summed E-state index contributed by atoms with van der Waals surface area (Å²) >= 11 is 5.82. The Labute approximate surface area is 125 Å². The van der Waals surface area contributed by atoms with Crippen LogP contribution >= 0.6 is 11.6 Å². The molecule has 0 atom stereocenters. The molecule has 1 aromatic heterocycles. The number of ether oxygens (including phenoxy) is 1. The molecule has 0 aliphatic heterocycles. The number of nitrogens with zero attached hydrogens (tertiary/aromatic N) is 1. The van der Waals surface area contributed by atoms with Gasteiger partial charge in [0.25, 0.3) is 5.91 Å². The van der Waals surface area contributed by atoms with Crippen LogP contribution in [0.5, 0.6) is 5.88 Å². The van der Waals surface area contributed by atoms with E-state index >= 15 is 0 Å². The van der Waals surface area contributed by atoms with E-state index in [0.29, 0.717) is 17.1 Å². The summed E-state index contributed by atoms with van der Waals surface area (Å²) < 4.78 is 4.90. The van der Waals surface area contributed by atoms with Gasteiger partial charge in [0.2, 0.25) is 5.88 Å². The molecule has 0 fully saturated rings. The fraction of sp³-hybridized carbons (Fsp3) is 0.0714. The first-order valence-corrected chi connectivity index (χ1v) is 6.22. The Bertz CT molecular complexity index is 686. The summed E-state index contributed by atoms with van der Waals surface area (Å²) in [5, 5.41) is 11.7. The van der Waals surface area contributed by atoms with Gasteiger partial charge in [0.15, 0.2) is 0 Å². The second-order valence-electron chi connectivity index (χ2n) is 4.08. The Morgan fingerprint density at radius 1 is 1.24 bits per heavy atom. The number of rotatable bonds is 4. The molecular formula is C14H11ClN2O4. The van der Waals surface area contributed by atoms with Crippen molar-refractivity contribution in [2.45, 2.75) is 0 Å². The van der Waals surface area contributed by atoms with Gasteiger partial charge in [-0.2, -0.15) is 0 Å². The van der Waals surface area contributed by atoms with E-state index in [1.165, 1.54) is 31.5 Å². The van der Waals surface area contributed by atoms with Crippen molar-refractivity contribution >= 4 is 29.2 Å². The van der Waals surface area contributed by atoms with E-state index in [4.69, 9.17) is 21.4 Å². The third-order valence-electron chi connectivity index (χ3n) is 2.61. The van der Waals surface area contributed by atoms with Gasteiger partial charge in [-0.25, -0.2) is 9.78 Å². The Hall–Kier alpha value is -2.60. The second kappa shape index (κ2) is 6.23. The van der Waals surface area contributed by atoms with Crippen molar-refractivity contribution < 1.29 is 19.4 Å². The van der Waals surface area contributed by atoms with Gasteiger partial charge in [0.1, 0.15) is 0 Å². The number of amides is 1.